The van der Waals surface area contributed by atoms with Crippen LogP contribution in [-0.2, 0) is 14.8 Å². The molecule has 0 fully saturated rings. The second kappa shape index (κ2) is 10.0. The summed E-state index contributed by atoms with van der Waals surface area (Å²) in [6, 6.07) is 23.0. The number of hydrogen-bond acceptors (Lipinski definition) is 4. The highest BCUT2D eigenvalue weighted by Gasteiger charge is 2.24. The molecule has 0 atom stereocenters. The van der Waals surface area contributed by atoms with Gasteiger partial charge in [-0.3, -0.25) is 4.79 Å². The van der Waals surface area contributed by atoms with Crippen molar-refractivity contribution < 1.29 is 13.2 Å². The minimum absolute atomic E-state index is 0.194. The third kappa shape index (κ3) is 6.41. The van der Waals surface area contributed by atoms with Gasteiger partial charge in [-0.1, -0.05) is 42.5 Å². The summed E-state index contributed by atoms with van der Waals surface area (Å²) in [5, 5.41) is 11.9. The Morgan fingerprint density at radius 1 is 0.971 bits per heavy atom. The van der Waals surface area contributed by atoms with Gasteiger partial charge in [0.2, 0.25) is 15.9 Å². The Morgan fingerprint density at radius 2 is 1.65 bits per heavy atom. The summed E-state index contributed by atoms with van der Waals surface area (Å²) in [5.41, 5.74) is 3.32. The molecule has 0 saturated carbocycles. The van der Waals surface area contributed by atoms with Gasteiger partial charge in [-0.25, -0.2) is 13.1 Å². The highest BCUT2D eigenvalue weighted by Crippen LogP contribution is 2.29. The van der Waals surface area contributed by atoms with Gasteiger partial charge in [-0.2, -0.15) is 5.26 Å². The summed E-state index contributed by atoms with van der Waals surface area (Å²) >= 11 is 0. The van der Waals surface area contributed by atoms with E-state index in [1.807, 2.05) is 13.0 Å². The Morgan fingerprint density at radius 3 is 2.29 bits per heavy atom. The minimum Gasteiger partial charge on any atom is -0.323 e. The molecule has 0 heterocycles. The first-order valence-corrected chi connectivity index (χ1v) is 12.2. The quantitative estimate of drug-likeness (QED) is 0.472. The Kier molecular flexibility index (Phi) is 7.35. The molecular weight excluding hydrogens is 446 g/mol. The maximum atomic E-state index is 12.9. The summed E-state index contributed by atoms with van der Waals surface area (Å²) in [4.78, 5) is 12.7. The smallest absolute Gasteiger partial charge is 0.248 e. The predicted octanol–water partition coefficient (Wildman–Crippen LogP) is 5.34. The second-order valence-electron chi connectivity index (χ2n) is 8.94. The number of rotatable bonds is 6. The van der Waals surface area contributed by atoms with Gasteiger partial charge < -0.3 is 5.32 Å². The van der Waals surface area contributed by atoms with Crippen LogP contribution >= 0.6 is 0 Å². The molecule has 6 nitrogen and oxygen atoms in total. The largest absolute Gasteiger partial charge is 0.323 e. The average molecular weight is 474 g/mol. The topological polar surface area (TPSA) is 99.1 Å². The zero-order chi connectivity index (χ0) is 24.9. The number of nitriles is 1. The summed E-state index contributed by atoms with van der Waals surface area (Å²) in [5.74, 6) is -0.301. The van der Waals surface area contributed by atoms with Crippen molar-refractivity contribution in [1.29, 1.82) is 5.26 Å². The molecule has 174 valence electrons. The van der Waals surface area contributed by atoms with Gasteiger partial charge in [-0.05, 0) is 74.7 Å². The number of anilines is 1. The minimum atomic E-state index is -3.72. The molecular formula is C27H27N3O3S. The Labute approximate surface area is 201 Å². The van der Waals surface area contributed by atoms with E-state index in [0.29, 0.717) is 22.4 Å². The number of carbonyl (C=O) groups excluding carboxylic acids is 1. The highest BCUT2D eigenvalue weighted by molar-refractivity contribution is 7.89. The number of sulfonamides is 1. The van der Waals surface area contributed by atoms with E-state index >= 15 is 0 Å². The molecule has 34 heavy (non-hydrogen) atoms. The molecule has 7 heteroatoms. The normalized spacial score (nSPS) is 12.1. The fourth-order valence-corrected chi connectivity index (χ4v) is 5.07. The van der Waals surface area contributed by atoms with E-state index < -0.39 is 15.6 Å². The van der Waals surface area contributed by atoms with Crippen LogP contribution in [-0.4, -0.2) is 19.9 Å². The van der Waals surface area contributed by atoms with E-state index in [-0.39, 0.29) is 10.8 Å². The summed E-state index contributed by atoms with van der Waals surface area (Å²) in [6.45, 7) is 7.19. The fourth-order valence-electron chi connectivity index (χ4n) is 3.42. The molecule has 0 spiro atoms. The van der Waals surface area contributed by atoms with Gasteiger partial charge in [0.1, 0.15) is 0 Å². The van der Waals surface area contributed by atoms with Crippen LogP contribution in [0.3, 0.4) is 0 Å². The van der Waals surface area contributed by atoms with Gasteiger partial charge in [0, 0.05) is 22.9 Å². The number of nitrogens with one attached hydrogen (secondary N) is 2. The molecule has 1 amide bonds. The van der Waals surface area contributed by atoms with E-state index in [2.05, 4.69) is 16.1 Å². The number of nitrogens with zero attached hydrogens (tertiary/aromatic N) is 1. The SMILES string of the molecule is C/C(=C\C(=O)Nc1ccc(-c2ccccc2S(=O)(=O)NC(C)(C)C)cc1)c1cccc(C#N)c1. The predicted molar refractivity (Wildman–Crippen MR) is 135 cm³/mol. The molecule has 0 radical (unpaired) electrons. The van der Waals surface area contributed by atoms with E-state index in [4.69, 9.17) is 5.26 Å². The lowest BCUT2D eigenvalue weighted by molar-refractivity contribution is -0.111. The Bertz CT molecular complexity index is 1380. The molecule has 3 aromatic rings. The van der Waals surface area contributed by atoms with Gasteiger partial charge >= 0.3 is 0 Å². The number of allylic oxidation sites excluding steroid dienone is 1. The van der Waals surface area contributed by atoms with Crippen molar-refractivity contribution in [3.05, 3.63) is 90.0 Å². The van der Waals surface area contributed by atoms with Crippen LogP contribution in [0.5, 0.6) is 0 Å². The first-order valence-electron chi connectivity index (χ1n) is 10.7. The lowest BCUT2D eigenvalue weighted by Gasteiger charge is -2.21. The van der Waals surface area contributed by atoms with Crippen molar-refractivity contribution in [2.45, 2.75) is 38.1 Å². The summed E-state index contributed by atoms with van der Waals surface area (Å²) in [6.07, 6.45) is 1.48. The molecule has 0 unspecified atom stereocenters. The Balaban J connectivity index is 1.80. The van der Waals surface area contributed by atoms with Gasteiger partial charge in [0.15, 0.2) is 0 Å². The van der Waals surface area contributed by atoms with Crippen LogP contribution < -0.4 is 10.0 Å². The first kappa shape index (κ1) is 24.9. The van der Waals surface area contributed by atoms with Crippen LogP contribution in [0.15, 0.2) is 83.8 Å². The monoisotopic (exact) mass is 473 g/mol. The zero-order valence-corrected chi connectivity index (χ0v) is 20.4. The lowest BCUT2D eigenvalue weighted by atomic mass is 10.0. The molecule has 0 aliphatic heterocycles. The van der Waals surface area contributed by atoms with Gasteiger partial charge in [0.25, 0.3) is 0 Å². The number of benzene rings is 3. The third-order valence-corrected chi connectivity index (χ3v) is 6.69. The van der Waals surface area contributed by atoms with Crippen LogP contribution in [0.2, 0.25) is 0 Å². The number of hydrogen-bond donors (Lipinski definition) is 2. The van der Waals surface area contributed by atoms with Crippen LogP contribution in [0, 0.1) is 11.3 Å². The van der Waals surface area contributed by atoms with Crippen molar-refractivity contribution in [1.82, 2.24) is 4.72 Å². The van der Waals surface area contributed by atoms with Crippen molar-refractivity contribution in [3.63, 3.8) is 0 Å². The van der Waals surface area contributed by atoms with E-state index in [0.717, 1.165) is 11.1 Å². The van der Waals surface area contributed by atoms with Crippen molar-refractivity contribution >= 4 is 27.2 Å². The van der Waals surface area contributed by atoms with Crippen molar-refractivity contribution in [2.24, 2.45) is 0 Å². The third-order valence-electron chi connectivity index (χ3n) is 4.88. The van der Waals surface area contributed by atoms with E-state index in [9.17, 15) is 13.2 Å². The van der Waals surface area contributed by atoms with Crippen LogP contribution in [0.1, 0.15) is 38.8 Å². The van der Waals surface area contributed by atoms with Crippen molar-refractivity contribution in [2.75, 3.05) is 5.32 Å². The molecule has 0 saturated heterocycles. The molecule has 3 aromatic carbocycles. The van der Waals surface area contributed by atoms with Crippen LogP contribution in [0.25, 0.3) is 16.7 Å². The molecule has 3 rings (SSSR count). The molecule has 0 aromatic heterocycles. The Hall–Kier alpha value is -3.73. The highest BCUT2D eigenvalue weighted by atomic mass is 32.2. The standard InChI is InChI=1S/C27H27N3O3S/c1-19(22-9-7-8-20(17-22)18-28)16-26(31)29-23-14-12-21(13-15-23)24-10-5-6-11-25(24)34(32,33)30-27(2,3)4/h5-17,30H,1-4H3,(H,29,31)/b19-16+. The second-order valence-corrected chi connectivity index (χ2v) is 10.6. The van der Waals surface area contributed by atoms with Gasteiger partial charge in [0.05, 0.1) is 16.5 Å². The summed E-state index contributed by atoms with van der Waals surface area (Å²) < 4.78 is 28.5. The maximum absolute atomic E-state index is 12.9. The average Bonchev–Trinajstić information content (AvgIpc) is 2.78. The van der Waals surface area contributed by atoms with Gasteiger partial charge in [-0.15, -0.1) is 0 Å². The maximum Gasteiger partial charge on any atom is 0.248 e. The summed E-state index contributed by atoms with van der Waals surface area (Å²) in [7, 11) is -3.72. The fraction of sp³-hybridized carbons (Fsp3) is 0.185. The van der Waals surface area contributed by atoms with E-state index in [1.165, 1.54) is 6.08 Å². The molecule has 0 aliphatic carbocycles. The van der Waals surface area contributed by atoms with Crippen molar-refractivity contribution in [3.8, 4) is 17.2 Å². The first-order chi connectivity index (χ1) is 16.0. The number of amides is 1. The molecule has 0 aliphatic rings. The van der Waals surface area contributed by atoms with E-state index in [1.54, 1.807) is 87.5 Å². The number of carbonyl (C=O) groups is 1. The lowest BCUT2D eigenvalue weighted by Crippen LogP contribution is -2.40. The zero-order valence-electron chi connectivity index (χ0n) is 19.6. The molecule has 2 N–H and O–H groups in total. The van der Waals surface area contributed by atoms with Crippen LogP contribution in [0.4, 0.5) is 5.69 Å². The molecule has 0 bridgehead atoms.